The molecule has 23 heavy (non-hydrogen) atoms. The molecule has 0 aromatic carbocycles. The molecule has 8 nitrogen and oxygen atoms in total. The molecule has 1 unspecified atom stereocenters. The van der Waals surface area contributed by atoms with Crippen molar-refractivity contribution in [3.63, 3.8) is 0 Å². The molecular weight excluding hydrogens is 300 g/mol. The maximum Gasteiger partial charge on any atom is 0.409 e. The Morgan fingerprint density at radius 2 is 2.00 bits per heavy atom. The fourth-order valence-electron chi connectivity index (χ4n) is 2.34. The third kappa shape index (κ3) is 6.33. The molecule has 132 valence electrons. The number of likely N-dealkylation sites (tertiary alicyclic amines) is 1. The number of nitrogens with one attached hydrogen (secondary N) is 2. The zero-order valence-corrected chi connectivity index (χ0v) is 14.4. The molecule has 1 saturated heterocycles. The Balaban J connectivity index is 2.35. The lowest BCUT2D eigenvalue weighted by Gasteiger charge is -2.32. The van der Waals surface area contributed by atoms with Crippen molar-refractivity contribution in [2.24, 2.45) is 10.9 Å². The number of esters is 1. The van der Waals surface area contributed by atoms with Crippen LogP contribution in [-0.4, -0.2) is 69.4 Å². The standard InChI is InChI=1S/C15H28N4O4/c1-5-23-15(21)19-8-6-12(7-9-19)18-14(16-3)17-10-11(2)13(20)22-4/h11-12H,5-10H2,1-4H3,(H2,16,17,18). The molecule has 2 N–H and O–H groups in total. The first-order valence-electron chi connectivity index (χ1n) is 7.98. The van der Waals surface area contributed by atoms with E-state index in [0.717, 1.165) is 12.8 Å². The fraction of sp³-hybridized carbons (Fsp3) is 0.800. The van der Waals surface area contributed by atoms with E-state index in [0.29, 0.717) is 32.2 Å². The van der Waals surface area contributed by atoms with Gasteiger partial charge in [0.25, 0.3) is 0 Å². The van der Waals surface area contributed by atoms with Gasteiger partial charge in [0.1, 0.15) is 0 Å². The van der Waals surface area contributed by atoms with Gasteiger partial charge in [-0.1, -0.05) is 6.92 Å². The average molecular weight is 328 g/mol. The zero-order chi connectivity index (χ0) is 17.2. The van der Waals surface area contributed by atoms with Crippen molar-refractivity contribution < 1.29 is 19.1 Å². The van der Waals surface area contributed by atoms with E-state index >= 15 is 0 Å². The van der Waals surface area contributed by atoms with Gasteiger partial charge in [-0.25, -0.2) is 4.79 Å². The van der Waals surface area contributed by atoms with Crippen molar-refractivity contribution in [1.82, 2.24) is 15.5 Å². The first kappa shape index (κ1) is 19.1. The molecule has 0 radical (unpaired) electrons. The Kier molecular flexibility index (Phi) is 8.21. The second-order valence-electron chi connectivity index (χ2n) is 5.48. The molecule has 1 rings (SSSR count). The number of carbonyl (C=O) groups excluding carboxylic acids is 2. The number of piperidine rings is 1. The Bertz CT molecular complexity index is 420. The van der Waals surface area contributed by atoms with Gasteiger partial charge < -0.3 is 25.0 Å². The summed E-state index contributed by atoms with van der Waals surface area (Å²) in [4.78, 5) is 28.9. The van der Waals surface area contributed by atoms with Crippen LogP contribution in [0.25, 0.3) is 0 Å². The lowest BCUT2D eigenvalue weighted by atomic mass is 10.1. The molecule has 0 bridgehead atoms. The van der Waals surface area contributed by atoms with Crippen LogP contribution in [0.15, 0.2) is 4.99 Å². The van der Waals surface area contributed by atoms with Crippen LogP contribution < -0.4 is 10.6 Å². The van der Waals surface area contributed by atoms with E-state index in [1.807, 2.05) is 0 Å². The first-order chi connectivity index (χ1) is 11.0. The third-order valence-electron chi connectivity index (χ3n) is 3.76. The number of carbonyl (C=O) groups is 2. The smallest absolute Gasteiger partial charge is 0.409 e. The highest BCUT2D eigenvalue weighted by atomic mass is 16.6. The number of amides is 1. The number of nitrogens with zero attached hydrogens (tertiary/aromatic N) is 2. The number of ether oxygens (including phenoxy) is 2. The van der Waals surface area contributed by atoms with Gasteiger partial charge in [-0.3, -0.25) is 9.79 Å². The minimum absolute atomic E-state index is 0.236. The third-order valence-corrected chi connectivity index (χ3v) is 3.76. The lowest BCUT2D eigenvalue weighted by molar-refractivity contribution is -0.144. The van der Waals surface area contributed by atoms with Gasteiger partial charge in [0.05, 0.1) is 19.6 Å². The van der Waals surface area contributed by atoms with E-state index in [1.165, 1.54) is 7.11 Å². The summed E-state index contributed by atoms with van der Waals surface area (Å²) in [6.07, 6.45) is 1.40. The van der Waals surface area contributed by atoms with E-state index in [9.17, 15) is 9.59 Å². The molecule has 1 amide bonds. The van der Waals surface area contributed by atoms with Gasteiger partial charge in [-0.15, -0.1) is 0 Å². The van der Waals surface area contributed by atoms with Crippen molar-refractivity contribution in [1.29, 1.82) is 0 Å². The molecule has 0 aromatic rings. The molecule has 0 aliphatic carbocycles. The van der Waals surface area contributed by atoms with E-state index in [4.69, 9.17) is 9.47 Å². The second-order valence-corrected chi connectivity index (χ2v) is 5.48. The van der Waals surface area contributed by atoms with Crippen LogP contribution in [0.5, 0.6) is 0 Å². The molecule has 8 heteroatoms. The zero-order valence-electron chi connectivity index (χ0n) is 14.4. The lowest BCUT2D eigenvalue weighted by Crippen LogP contribution is -2.50. The van der Waals surface area contributed by atoms with Crippen LogP contribution in [0.1, 0.15) is 26.7 Å². The maximum absolute atomic E-state index is 11.7. The molecule has 0 saturated carbocycles. The summed E-state index contributed by atoms with van der Waals surface area (Å²) in [5.74, 6) is 0.148. The monoisotopic (exact) mass is 328 g/mol. The van der Waals surface area contributed by atoms with E-state index in [-0.39, 0.29) is 24.0 Å². The average Bonchev–Trinajstić information content (AvgIpc) is 2.58. The maximum atomic E-state index is 11.7. The van der Waals surface area contributed by atoms with E-state index in [1.54, 1.807) is 25.8 Å². The molecule has 0 spiro atoms. The largest absolute Gasteiger partial charge is 0.469 e. The van der Waals surface area contributed by atoms with Crippen LogP contribution in [0.2, 0.25) is 0 Å². The fourth-order valence-corrected chi connectivity index (χ4v) is 2.34. The van der Waals surface area contributed by atoms with Crippen molar-refractivity contribution in [2.45, 2.75) is 32.7 Å². The van der Waals surface area contributed by atoms with Crippen LogP contribution >= 0.6 is 0 Å². The predicted octanol–water partition coefficient (Wildman–Crippen LogP) is 0.581. The summed E-state index contributed by atoms with van der Waals surface area (Å²) >= 11 is 0. The van der Waals surface area contributed by atoms with Crippen molar-refractivity contribution >= 4 is 18.0 Å². The van der Waals surface area contributed by atoms with Gasteiger partial charge in [-0.05, 0) is 19.8 Å². The van der Waals surface area contributed by atoms with Gasteiger partial charge in [0.15, 0.2) is 5.96 Å². The van der Waals surface area contributed by atoms with Gasteiger partial charge >= 0.3 is 12.1 Å². The Morgan fingerprint density at radius 3 is 2.52 bits per heavy atom. The molecule has 1 heterocycles. The Labute approximate surface area is 137 Å². The SMILES string of the molecule is CCOC(=O)N1CCC(NC(=NC)NCC(C)C(=O)OC)CC1. The molecule has 1 aliphatic heterocycles. The minimum atomic E-state index is -0.254. The molecular formula is C15H28N4O4. The van der Waals surface area contributed by atoms with Crippen molar-refractivity contribution in [3.8, 4) is 0 Å². The van der Waals surface area contributed by atoms with Crippen LogP contribution in [-0.2, 0) is 14.3 Å². The van der Waals surface area contributed by atoms with Gasteiger partial charge in [0, 0.05) is 32.7 Å². The van der Waals surface area contributed by atoms with Gasteiger partial charge in [0.2, 0.25) is 0 Å². The summed E-state index contributed by atoms with van der Waals surface area (Å²) < 4.78 is 9.70. The second kappa shape index (κ2) is 9.91. The minimum Gasteiger partial charge on any atom is -0.469 e. The predicted molar refractivity (Wildman–Crippen MR) is 87.3 cm³/mol. The summed E-state index contributed by atoms with van der Waals surface area (Å²) in [7, 11) is 3.06. The number of methoxy groups -OCH3 is 1. The van der Waals surface area contributed by atoms with Crippen LogP contribution in [0, 0.1) is 5.92 Å². The van der Waals surface area contributed by atoms with Crippen LogP contribution in [0.4, 0.5) is 4.79 Å². The van der Waals surface area contributed by atoms with E-state index in [2.05, 4.69) is 15.6 Å². The number of hydrogen-bond donors (Lipinski definition) is 2. The van der Waals surface area contributed by atoms with Gasteiger partial charge in [-0.2, -0.15) is 0 Å². The van der Waals surface area contributed by atoms with E-state index < -0.39 is 0 Å². The molecule has 0 aromatic heterocycles. The highest BCUT2D eigenvalue weighted by Crippen LogP contribution is 2.11. The molecule has 1 fully saturated rings. The Morgan fingerprint density at radius 1 is 1.35 bits per heavy atom. The van der Waals surface area contributed by atoms with Crippen LogP contribution in [0.3, 0.4) is 0 Å². The Hall–Kier alpha value is -1.99. The summed E-state index contributed by atoms with van der Waals surface area (Å²) in [5, 5.41) is 6.44. The summed E-state index contributed by atoms with van der Waals surface area (Å²) in [6.45, 7) is 5.76. The number of hydrogen-bond acceptors (Lipinski definition) is 5. The highest BCUT2D eigenvalue weighted by molar-refractivity contribution is 5.81. The quantitative estimate of drug-likeness (QED) is 0.436. The first-order valence-corrected chi connectivity index (χ1v) is 7.98. The normalized spacial score (nSPS) is 17.4. The summed E-state index contributed by atoms with van der Waals surface area (Å²) in [6, 6.07) is 0.236. The van der Waals surface area contributed by atoms with Crippen molar-refractivity contribution in [2.75, 3.05) is 40.4 Å². The highest BCUT2D eigenvalue weighted by Gasteiger charge is 2.24. The molecule has 1 aliphatic rings. The number of rotatable bonds is 5. The number of guanidine groups is 1. The topological polar surface area (TPSA) is 92.3 Å². The number of aliphatic imine (C=N–C) groups is 1. The van der Waals surface area contributed by atoms with Crippen molar-refractivity contribution in [3.05, 3.63) is 0 Å². The summed E-state index contributed by atoms with van der Waals surface area (Å²) in [5.41, 5.74) is 0. The molecule has 1 atom stereocenters.